The molecule has 3 rings (SSSR count). The van der Waals surface area contributed by atoms with Gasteiger partial charge in [-0.1, -0.05) is 35.9 Å². The van der Waals surface area contributed by atoms with E-state index in [-0.39, 0.29) is 25.0 Å². The quantitative estimate of drug-likeness (QED) is 0.842. The van der Waals surface area contributed by atoms with Gasteiger partial charge in [0.1, 0.15) is 5.75 Å². The number of para-hydroxylation sites is 2. The summed E-state index contributed by atoms with van der Waals surface area (Å²) in [7, 11) is 0. The topological polar surface area (TPSA) is 84.7 Å². The van der Waals surface area contributed by atoms with Crippen LogP contribution in [0.4, 0.5) is 5.69 Å². The highest BCUT2D eigenvalue weighted by molar-refractivity contribution is 6.30. The van der Waals surface area contributed by atoms with Crippen molar-refractivity contribution in [2.24, 2.45) is 5.73 Å². The molecule has 0 radical (unpaired) electrons. The maximum absolute atomic E-state index is 12.8. The number of hydrogen-bond donors (Lipinski definition) is 2. The van der Waals surface area contributed by atoms with Crippen molar-refractivity contribution < 1.29 is 14.3 Å². The zero-order valence-electron chi connectivity index (χ0n) is 14.3. The van der Waals surface area contributed by atoms with Gasteiger partial charge in [0.15, 0.2) is 6.10 Å². The second kappa shape index (κ2) is 7.76. The highest BCUT2D eigenvalue weighted by atomic mass is 35.5. The molecule has 0 saturated carbocycles. The van der Waals surface area contributed by atoms with E-state index in [0.717, 1.165) is 5.56 Å². The van der Waals surface area contributed by atoms with E-state index < -0.39 is 12.0 Å². The Hall–Kier alpha value is -2.57. The molecule has 7 heteroatoms. The van der Waals surface area contributed by atoms with Crippen LogP contribution in [-0.4, -0.2) is 31.0 Å². The highest BCUT2D eigenvalue weighted by Gasteiger charge is 2.32. The smallest absolute Gasteiger partial charge is 0.260 e. The van der Waals surface area contributed by atoms with Gasteiger partial charge in [0.05, 0.1) is 18.8 Å². The Bertz CT molecular complexity index is 827. The maximum atomic E-state index is 12.8. The SMILES string of the molecule is CC(NCC(=O)N1CC(C(N)=O)Oc2ccccc21)c1cccc(Cl)c1. The number of carbonyl (C=O) groups excluding carboxylic acids is 2. The fourth-order valence-electron chi connectivity index (χ4n) is 2.85. The summed E-state index contributed by atoms with van der Waals surface area (Å²) in [6, 6.07) is 14.5. The predicted molar refractivity (Wildman–Crippen MR) is 100 cm³/mol. The summed E-state index contributed by atoms with van der Waals surface area (Å²) in [5.74, 6) is -0.294. The van der Waals surface area contributed by atoms with Crippen LogP contribution in [0.15, 0.2) is 48.5 Å². The predicted octanol–water partition coefficient (Wildman–Crippen LogP) is 2.27. The second-order valence-electron chi connectivity index (χ2n) is 6.14. The lowest BCUT2D eigenvalue weighted by Crippen LogP contribution is -2.51. The third-order valence-corrected chi connectivity index (χ3v) is 4.54. The van der Waals surface area contributed by atoms with E-state index in [4.69, 9.17) is 22.1 Å². The van der Waals surface area contributed by atoms with E-state index in [0.29, 0.717) is 16.5 Å². The third kappa shape index (κ3) is 3.98. The fourth-order valence-corrected chi connectivity index (χ4v) is 3.05. The molecule has 1 aliphatic heterocycles. The van der Waals surface area contributed by atoms with Crippen molar-refractivity contribution in [3.63, 3.8) is 0 Å². The molecule has 2 aromatic carbocycles. The number of carbonyl (C=O) groups is 2. The van der Waals surface area contributed by atoms with Gasteiger partial charge in [-0.3, -0.25) is 9.59 Å². The van der Waals surface area contributed by atoms with Crippen molar-refractivity contribution in [1.29, 1.82) is 0 Å². The molecular weight excluding hydrogens is 354 g/mol. The van der Waals surface area contributed by atoms with E-state index >= 15 is 0 Å². The van der Waals surface area contributed by atoms with E-state index in [1.807, 2.05) is 31.2 Å². The van der Waals surface area contributed by atoms with Crippen molar-refractivity contribution in [2.45, 2.75) is 19.1 Å². The number of halogens is 1. The summed E-state index contributed by atoms with van der Waals surface area (Å²) in [6.07, 6.45) is -0.862. The fraction of sp³-hybridized carbons (Fsp3) is 0.263. The number of anilines is 1. The van der Waals surface area contributed by atoms with Crippen molar-refractivity contribution in [2.75, 3.05) is 18.0 Å². The highest BCUT2D eigenvalue weighted by Crippen LogP contribution is 2.33. The van der Waals surface area contributed by atoms with Gasteiger partial charge < -0.3 is 20.7 Å². The van der Waals surface area contributed by atoms with Gasteiger partial charge in [0, 0.05) is 11.1 Å². The number of ether oxygens (including phenoxy) is 1. The summed E-state index contributed by atoms with van der Waals surface area (Å²) in [5.41, 5.74) is 6.99. The lowest BCUT2D eigenvalue weighted by atomic mass is 10.1. The van der Waals surface area contributed by atoms with Gasteiger partial charge >= 0.3 is 0 Å². The van der Waals surface area contributed by atoms with Gasteiger partial charge in [0.25, 0.3) is 5.91 Å². The zero-order valence-corrected chi connectivity index (χ0v) is 15.1. The normalized spacial score (nSPS) is 17.2. The van der Waals surface area contributed by atoms with Crippen LogP contribution in [0.1, 0.15) is 18.5 Å². The van der Waals surface area contributed by atoms with Crippen LogP contribution >= 0.6 is 11.6 Å². The van der Waals surface area contributed by atoms with Crippen LogP contribution in [0.5, 0.6) is 5.75 Å². The second-order valence-corrected chi connectivity index (χ2v) is 6.57. The Kier molecular flexibility index (Phi) is 5.44. The molecule has 1 heterocycles. The van der Waals surface area contributed by atoms with Gasteiger partial charge in [-0.2, -0.15) is 0 Å². The molecule has 2 aromatic rings. The Morgan fingerprint density at radius 1 is 1.31 bits per heavy atom. The standard InChI is InChI=1S/C19H20ClN3O3/c1-12(13-5-4-6-14(20)9-13)22-10-18(24)23-11-17(19(21)25)26-16-8-3-2-7-15(16)23/h2-9,12,17,22H,10-11H2,1H3,(H2,21,25). The average Bonchev–Trinajstić information content (AvgIpc) is 2.64. The molecule has 0 fully saturated rings. The number of primary amides is 1. The first-order chi connectivity index (χ1) is 12.5. The zero-order chi connectivity index (χ0) is 18.7. The molecule has 0 aromatic heterocycles. The van der Waals surface area contributed by atoms with Gasteiger partial charge in [0.2, 0.25) is 5.91 Å². The molecular formula is C19H20ClN3O3. The number of rotatable bonds is 5. The first-order valence-electron chi connectivity index (χ1n) is 8.30. The Morgan fingerprint density at radius 3 is 2.81 bits per heavy atom. The summed E-state index contributed by atoms with van der Waals surface area (Å²) < 4.78 is 5.58. The number of nitrogens with two attached hydrogens (primary N) is 1. The molecule has 6 nitrogen and oxygen atoms in total. The average molecular weight is 374 g/mol. The molecule has 2 amide bonds. The molecule has 0 bridgehead atoms. The van der Waals surface area contributed by atoms with Crippen molar-refractivity contribution in [3.05, 3.63) is 59.1 Å². The molecule has 0 spiro atoms. The number of fused-ring (bicyclic) bond motifs is 1. The lowest BCUT2D eigenvalue weighted by Gasteiger charge is -2.33. The molecule has 136 valence electrons. The molecule has 3 N–H and O–H groups in total. The number of nitrogens with one attached hydrogen (secondary N) is 1. The first-order valence-corrected chi connectivity index (χ1v) is 8.67. The van der Waals surface area contributed by atoms with Crippen LogP contribution in [0.25, 0.3) is 0 Å². The Balaban J connectivity index is 1.71. The van der Waals surface area contributed by atoms with E-state index in [1.165, 1.54) is 4.90 Å². The van der Waals surface area contributed by atoms with Crippen LogP contribution in [-0.2, 0) is 9.59 Å². The summed E-state index contributed by atoms with van der Waals surface area (Å²) >= 11 is 6.01. The Labute approximate surface area is 156 Å². The van der Waals surface area contributed by atoms with Crippen molar-refractivity contribution in [3.8, 4) is 5.75 Å². The van der Waals surface area contributed by atoms with Crippen LogP contribution in [0.3, 0.4) is 0 Å². The van der Waals surface area contributed by atoms with Crippen LogP contribution in [0.2, 0.25) is 5.02 Å². The van der Waals surface area contributed by atoms with E-state index in [2.05, 4.69) is 5.32 Å². The largest absolute Gasteiger partial charge is 0.477 e. The van der Waals surface area contributed by atoms with Crippen molar-refractivity contribution >= 4 is 29.1 Å². The number of nitrogens with zero attached hydrogens (tertiary/aromatic N) is 1. The summed E-state index contributed by atoms with van der Waals surface area (Å²) in [6.45, 7) is 2.16. The monoisotopic (exact) mass is 373 g/mol. The minimum atomic E-state index is -0.862. The number of benzene rings is 2. The molecule has 1 aliphatic rings. The number of hydrogen-bond acceptors (Lipinski definition) is 4. The summed E-state index contributed by atoms with van der Waals surface area (Å²) in [4.78, 5) is 25.8. The molecule has 2 atom stereocenters. The van der Waals surface area contributed by atoms with Gasteiger partial charge in [-0.15, -0.1) is 0 Å². The van der Waals surface area contributed by atoms with Gasteiger partial charge in [-0.25, -0.2) is 0 Å². The van der Waals surface area contributed by atoms with Crippen LogP contribution in [0, 0.1) is 0 Å². The first kappa shape index (κ1) is 18.2. The van der Waals surface area contributed by atoms with E-state index in [1.54, 1.807) is 24.3 Å². The Morgan fingerprint density at radius 2 is 2.08 bits per heavy atom. The molecule has 0 aliphatic carbocycles. The minimum Gasteiger partial charge on any atom is -0.477 e. The lowest BCUT2D eigenvalue weighted by molar-refractivity contribution is -0.125. The van der Waals surface area contributed by atoms with E-state index in [9.17, 15) is 9.59 Å². The minimum absolute atomic E-state index is 0.0547. The third-order valence-electron chi connectivity index (χ3n) is 4.30. The molecule has 0 saturated heterocycles. The summed E-state index contributed by atoms with van der Waals surface area (Å²) in [5, 5.41) is 3.84. The van der Waals surface area contributed by atoms with Gasteiger partial charge in [-0.05, 0) is 36.8 Å². The van der Waals surface area contributed by atoms with Crippen molar-refractivity contribution in [1.82, 2.24) is 5.32 Å². The number of amides is 2. The van der Waals surface area contributed by atoms with Crippen LogP contribution < -0.4 is 20.7 Å². The molecule has 26 heavy (non-hydrogen) atoms. The molecule has 2 unspecified atom stereocenters. The maximum Gasteiger partial charge on any atom is 0.260 e.